The summed E-state index contributed by atoms with van der Waals surface area (Å²) < 4.78 is 0. The van der Waals surface area contributed by atoms with Crippen molar-refractivity contribution in [2.24, 2.45) is 0 Å². The van der Waals surface area contributed by atoms with Crippen LogP contribution >= 0.6 is 0 Å². The van der Waals surface area contributed by atoms with E-state index in [0.717, 1.165) is 11.4 Å². The van der Waals surface area contributed by atoms with Gasteiger partial charge in [0, 0.05) is 25.0 Å². The molecule has 1 aliphatic rings. The molecule has 0 aliphatic heterocycles. The highest BCUT2D eigenvalue weighted by Crippen LogP contribution is 2.32. The van der Waals surface area contributed by atoms with E-state index in [0.29, 0.717) is 12.6 Å². The second kappa shape index (κ2) is 6.84. The van der Waals surface area contributed by atoms with Gasteiger partial charge in [-0.3, -0.25) is 0 Å². The molecule has 3 heteroatoms. The van der Waals surface area contributed by atoms with Gasteiger partial charge in [0.15, 0.2) is 0 Å². The standard InChI is InChI=1S/C19H24N2O/c1-21(13-14-22)17-11-9-16(10-12-17)20-19-8-4-6-15-5-2-3-7-18(15)19/h2-3,5,7,9-12,19-20,22H,4,6,8,13-14H2,1H3. The van der Waals surface area contributed by atoms with Crippen LogP contribution in [0.4, 0.5) is 11.4 Å². The van der Waals surface area contributed by atoms with Crippen LogP contribution in [0.3, 0.4) is 0 Å². The second-order valence-corrected chi connectivity index (χ2v) is 5.98. The molecule has 2 aromatic rings. The Kier molecular flexibility index (Phi) is 4.64. The average Bonchev–Trinajstić information content (AvgIpc) is 2.56. The number of aryl methyl sites for hydroxylation is 1. The minimum absolute atomic E-state index is 0.176. The van der Waals surface area contributed by atoms with Gasteiger partial charge in [-0.15, -0.1) is 0 Å². The fourth-order valence-corrected chi connectivity index (χ4v) is 3.20. The lowest BCUT2D eigenvalue weighted by Crippen LogP contribution is -2.21. The van der Waals surface area contributed by atoms with Crippen LogP contribution in [-0.2, 0) is 6.42 Å². The zero-order valence-corrected chi connectivity index (χ0v) is 13.1. The van der Waals surface area contributed by atoms with Gasteiger partial charge in [0.2, 0.25) is 0 Å². The van der Waals surface area contributed by atoms with Crippen LogP contribution in [-0.4, -0.2) is 25.3 Å². The first-order chi connectivity index (χ1) is 10.8. The SMILES string of the molecule is CN(CCO)c1ccc(NC2CCCc3ccccc32)cc1. The molecule has 22 heavy (non-hydrogen) atoms. The Morgan fingerprint density at radius 3 is 2.68 bits per heavy atom. The van der Waals surface area contributed by atoms with Crippen molar-refractivity contribution in [1.82, 2.24) is 0 Å². The van der Waals surface area contributed by atoms with Crippen molar-refractivity contribution in [2.75, 3.05) is 30.4 Å². The minimum Gasteiger partial charge on any atom is -0.395 e. The summed E-state index contributed by atoms with van der Waals surface area (Å²) in [6.07, 6.45) is 3.62. The molecule has 0 spiro atoms. The summed E-state index contributed by atoms with van der Waals surface area (Å²) in [6.45, 7) is 0.831. The lowest BCUT2D eigenvalue weighted by molar-refractivity contribution is 0.304. The summed E-state index contributed by atoms with van der Waals surface area (Å²) in [5, 5.41) is 12.7. The van der Waals surface area contributed by atoms with Crippen LogP contribution in [0.25, 0.3) is 0 Å². The van der Waals surface area contributed by atoms with Crippen LogP contribution in [0.15, 0.2) is 48.5 Å². The molecule has 0 bridgehead atoms. The highest BCUT2D eigenvalue weighted by Gasteiger charge is 2.19. The summed E-state index contributed by atoms with van der Waals surface area (Å²) in [6, 6.07) is 17.6. The predicted molar refractivity (Wildman–Crippen MR) is 92.5 cm³/mol. The molecule has 0 heterocycles. The molecule has 0 radical (unpaired) electrons. The number of rotatable bonds is 5. The summed E-state index contributed by atoms with van der Waals surface area (Å²) in [5.41, 5.74) is 5.20. The highest BCUT2D eigenvalue weighted by atomic mass is 16.3. The summed E-state index contributed by atoms with van der Waals surface area (Å²) in [5.74, 6) is 0. The Bertz CT molecular complexity index is 609. The van der Waals surface area contributed by atoms with Crippen LogP contribution in [0.1, 0.15) is 30.0 Å². The highest BCUT2D eigenvalue weighted by molar-refractivity contribution is 5.56. The molecule has 116 valence electrons. The maximum absolute atomic E-state index is 9.01. The van der Waals surface area contributed by atoms with Crippen molar-refractivity contribution in [1.29, 1.82) is 0 Å². The molecule has 0 saturated heterocycles. The van der Waals surface area contributed by atoms with Crippen molar-refractivity contribution in [2.45, 2.75) is 25.3 Å². The van der Waals surface area contributed by atoms with Gasteiger partial charge in [0.1, 0.15) is 0 Å². The first kappa shape index (κ1) is 14.9. The van der Waals surface area contributed by atoms with E-state index in [4.69, 9.17) is 5.11 Å². The third-order valence-electron chi connectivity index (χ3n) is 4.45. The van der Waals surface area contributed by atoms with Gasteiger partial charge in [-0.2, -0.15) is 0 Å². The average molecular weight is 296 g/mol. The number of hydrogen-bond donors (Lipinski definition) is 2. The number of nitrogens with zero attached hydrogens (tertiary/aromatic N) is 1. The van der Waals surface area contributed by atoms with Gasteiger partial charge in [-0.05, 0) is 54.7 Å². The molecule has 2 aromatic carbocycles. The van der Waals surface area contributed by atoms with Crippen LogP contribution < -0.4 is 10.2 Å². The first-order valence-electron chi connectivity index (χ1n) is 8.04. The van der Waals surface area contributed by atoms with Crippen molar-refractivity contribution >= 4 is 11.4 Å². The number of aliphatic hydroxyl groups is 1. The lowest BCUT2D eigenvalue weighted by Gasteiger charge is -2.27. The van der Waals surface area contributed by atoms with E-state index in [1.54, 1.807) is 0 Å². The topological polar surface area (TPSA) is 35.5 Å². The number of hydrogen-bond acceptors (Lipinski definition) is 3. The fraction of sp³-hybridized carbons (Fsp3) is 0.368. The van der Waals surface area contributed by atoms with Crippen molar-refractivity contribution in [3.05, 3.63) is 59.7 Å². The largest absolute Gasteiger partial charge is 0.395 e. The Labute approximate surface area is 132 Å². The minimum atomic E-state index is 0.176. The maximum Gasteiger partial charge on any atom is 0.0606 e. The number of benzene rings is 2. The van der Waals surface area contributed by atoms with Crippen molar-refractivity contribution in [3.63, 3.8) is 0 Å². The van der Waals surface area contributed by atoms with E-state index in [2.05, 4.69) is 58.7 Å². The Morgan fingerprint density at radius 2 is 1.91 bits per heavy atom. The number of likely N-dealkylation sites (N-methyl/N-ethyl adjacent to an activating group) is 1. The predicted octanol–water partition coefficient (Wildman–Crippen LogP) is 3.60. The molecule has 3 nitrogen and oxygen atoms in total. The number of fused-ring (bicyclic) bond motifs is 1. The quantitative estimate of drug-likeness (QED) is 0.885. The Hall–Kier alpha value is -2.00. The molecule has 0 aromatic heterocycles. The molecule has 1 unspecified atom stereocenters. The van der Waals surface area contributed by atoms with E-state index in [1.807, 2.05) is 7.05 Å². The molecule has 0 amide bonds. The normalized spacial score (nSPS) is 16.9. The van der Waals surface area contributed by atoms with Gasteiger partial charge >= 0.3 is 0 Å². The van der Waals surface area contributed by atoms with Gasteiger partial charge in [-0.1, -0.05) is 24.3 Å². The number of aliphatic hydroxyl groups excluding tert-OH is 1. The van der Waals surface area contributed by atoms with Gasteiger partial charge < -0.3 is 15.3 Å². The van der Waals surface area contributed by atoms with Gasteiger partial charge in [0.25, 0.3) is 0 Å². The Morgan fingerprint density at radius 1 is 1.14 bits per heavy atom. The van der Waals surface area contributed by atoms with Crippen LogP contribution in [0.5, 0.6) is 0 Å². The molecule has 3 rings (SSSR count). The molecule has 2 N–H and O–H groups in total. The van der Waals surface area contributed by atoms with E-state index >= 15 is 0 Å². The van der Waals surface area contributed by atoms with Crippen molar-refractivity contribution < 1.29 is 5.11 Å². The first-order valence-corrected chi connectivity index (χ1v) is 8.04. The monoisotopic (exact) mass is 296 g/mol. The molecular formula is C19H24N2O. The fourth-order valence-electron chi connectivity index (χ4n) is 3.20. The summed E-state index contributed by atoms with van der Waals surface area (Å²) in [7, 11) is 2.00. The maximum atomic E-state index is 9.01. The van der Waals surface area contributed by atoms with E-state index in [1.165, 1.54) is 30.4 Å². The zero-order chi connectivity index (χ0) is 15.4. The lowest BCUT2D eigenvalue weighted by atomic mass is 9.87. The molecule has 1 aliphatic carbocycles. The second-order valence-electron chi connectivity index (χ2n) is 5.98. The van der Waals surface area contributed by atoms with E-state index < -0.39 is 0 Å². The summed E-state index contributed by atoms with van der Waals surface area (Å²) >= 11 is 0. The third kappa shape index (κ3) is 3.25. The molecule has 0 saturated carbocycles. The van der Waals surface area contributed by atoms with E-state index in [-0.39, 0.29) is 6.61 Å². The molecule has 0 fully saturated rings. The third-order valence-corrected chi connectivity index (χ3v) is 4.45. The van der Waals surface area contributed by atoms with E-state index in [9.17, 15) is 0 Å². The molecule has 1 atom stereocenters. The zero-order valence-electron chi connectivity index (χ0n) is 13.1. The molecular weight excluding hydrogens is 272 g/mol. The van der Waals surface area contributed by atoms with Crippen LogP contribution in [0, 0.1) is 0 Å². The van der Waals surface area contributed by atoms with Crippen molar-refractivity contribution in [3.8, 4) is 0 Å². The summed E-state index contributed by atoms with van der Waals surface area (Å²) in [4.78, 5) is 2.06. The number of anilines is 2. The smallest absolute Gasteiger partial charge is 0.0606 e. The van der Waals surface area contributed by atoms with Gasteiger partial charge in [-0.25, -0.2) is 0 Å². The Balaban J connectivity index is 1.72. The van der Waals surface area contributed by atoms with Crippen LogP contribution in [0.2, 0.25) is 0 Å². The number of nitrogens with one attached hydrogen (secondary N) is 1. The van der Waals surface area contributed by atoms with Gasteiger partial charge in [0.05, 0.1) is 12.6 Å².